The molecule has 0 saturated carbocycles. The van der Waals surface area contributed by atoms with E-state index in [4.69, 9.17) is 4.21 Å². The van der Waals surface area contributed by atoms with Gasteiger partial charge in [-0.05, 0) is 17.0 Å². The van der Waals surface area contributed by atoms with E-state index < -0.39 is 40.8 Å². The SMILES string of the molecule is C[Si](C)(C)C[Si](C[Si](C)(C)C)(C[Si](C)(C)C)O[P+](=O)O. The number of rotatable bonds is 8. The van der Waals surface area contributed by atoms with Gasteiger partial charge in [-0.15, -0.1) is 4.89 Å². The summed E-state index contributed by atoms with van der Waals surface area (Å²) in [4.78, 5) is 9.45. The Kier molecular flexibility index (Phi) is 7.29. The number of hydrogen-bond acceptors (Lipinski definition) is 2. The Morgan fingerprint density at radius 1 is 0.750 bits per heavy atom. The summed E-state index contributed by atoms with van der Waals surface area (Å²) in [6.45, 7) is 21.2. The van der Waals surface area contributed by atoms with Gasteiger partial charge in [0, 0.05) is 28.8 Å². The highest BCUT2D eigenvalue weighted by molar-refractivity contribution is 7.35. The third-order valence-electron chi connectivity index (χ3n) is 2.83. The third-order valence-corrected chi connectivity index (χ3v) is 25.5. The molecular formula is C12H34O3PSi4+. The minimum absolute atomic E-state index is 1.12. The summed E-state index contributed by atoms with van der Waals surface area (Å²) in [5.74, 6) is 0. The smallest absolute Gasteiger partial charge is 0.176 e. The standard InChI is InChI=1S/C12H33O3PSi4/c1-17(2,3)10-20(15-16(13)14,11-18(4,5)6)12-19(7,8)9/h10-12H2,1-9H3/p+1. The van der Waals surface area contributed by atoms with Crippen molar-refractivity contribution in [2.45, 2.75) is 75.9 Å². The lowest BCUT2D eigenvalue weighted by Crippen LogP contribution is -2.53. The average Bonchev–Trinajstić information content (AvgIpc) is 1.86. The van der Waals surface area contributed by atoms with Gasteiger partial charge in [-0.25, -0.2) is 0 Å². The predicted octanol–water partition coefficient (Wildman–Crippen LogP) is 5.23. The van der Waals surface area contributed by atoms with Crippen LogP contribution < -0.4 is 0 Å². The van der Waals surface area contributed by atoms with Crippen LogP contribution in [0.25, 0.3) is 0 Å². The Hall–Kier alpha value is 0.888. The quantitative estimate of drug-likeness (QED) is 0.470. The van der Waals surface area contributed by atoms with E-state index in [2.05, 4.69) is 58.9 Å². The van der Waals surface area contributed by atoms with Crippen LogP contribution in [0.3, 0.4) is 0 Å². The van der Waals surface area contributed by atoms with Crippen LogP contribution in [0.2, 0.25) is 75.9 Å². The largest absolute Gasteiger partial charge is 0.682 e. The molecule has 0 bridgehead atoms. The van der Waals surface area contributed by atoms with Gasteiger partial charge in [-0.1, -0.05) is 58.9 Å². The Labute approximate surface area is 130 Å². The summed E-state index contributed by atoms with van der Waals surface area (Å²) < 4.78 is 17.4. The first kappa shape index (κ1) is 20.9. The fraction of sp³-hybridized carbons (Fsp3) is 1.00. The maximum Gasteiger partial charge on any atom is 0.682 e. The molecule has 1 N–H and O–H groups in total. The van der Waals surface area contributed by atoms with E-state index >= 15 is 0 Å². The van der Waals surface area contributed by atoms with Crippen LogP contribution in [-0.4, -0.2) is 37.4 Å². The first-order valence-corrected chi connectivity index (χ1v) is 22.2. The third kappa shape index (κ3) is 10.6. The first-order valence-electron chi connectivity index (χ1n) is 7.39. The van der Waals surface area contributed by atoms with Crippen molar-refractivity contribution in [1.82, 2.24) is 0 Å². The fourth-order valence-corrected chi connectivity index (χ4v) is 35.3. The van der Waals surface area contributed by atoms with Crippen molar-refractivity contribution in [3.8, 4) is 0 Å². The van der Waals surface area contributed by atoms with Crippen LogP contribution in [-0.2, 0) is 8.78 Å². The molecule has 0 fully saturated rings. The van der Waals surface area contributed by atoms with Gasteiger partial charge in [0.1, 0.15) is 0 Å². The molecule has 0 aliphatic carbocycles. The van der Waals surface area contributed by atoms with Crippen LogP contribution in [0.1, 0.15) is 0 Å². The van der Waals surface area contributed by atoms with Crippen molar-refractivity contribution >= 4 is 40.8 Å². The topological polar surface area (TPSA) is 46.5 Å². The van der Waals surface area contributed by atoms with Gasteiger partial charge < -0.3 is 0 Å². The fourth-order valence-electron chi connectivity index (χ4n) is 3.35. The summed E-state index contributed by atoms with van der Waals surface area (Å²) in [5, 5.41) is 0. The lowest BCUT2D eigenvalue weighted by Gasteiger charge is -2.37. The molecular weight excluding hydrogens is 335 g/mol. The zero-order chi connectivity index (χ0) is 16.4. The van der Waals surface area contributed by atoms with Gasteiger partial charge in [0.25, 0.3) is 8.32 Å². The molecule has 0 saturated heterocycles. The molecule has 3 nitrogen and oxygen atoms in total. The van der Waals surface area contributed by atoms with Crippen molar-refractivity contribution < 1.29 is 13.7 Å². The summed E-state index contributed by atoms with van der Waals surface area (Å²) >= 11 is 0. The van der Waals surface area contributed by atoms with Crippen molar-refractivity contribution in [3.63, 3.8) is 0 Å². The molecule has 0 amide bonds. The van der Waals surface area contributed by atoms with E-state index in [-0.39, 0.29) is 0 Å². The molecule has 1 unspecified atom stereocenters. The van der Waals surface area contributed by atoms with Crippen molar-refractivity contribution in [1.29, 1.82) is 0 Å². The van der Waals surface area contributed by atoms with Crippen LogP contribution in [0, 0.1) is 0 Å². The Bertz CT molecular complexity index is 301. The normalized spacial score (nSPS) is 15.4. The molecule has 120 valence electrons. The predicted molar refractivity (Wildman–Crippen MR) is 101 cm³/mol. The van der Waals surface area contributed by atoms with Gasteiger partial charge in [-0.3, -0.25) is 0 Å². The highest BCUT2D eigenvalue weighted by Crippen LogP contribution is 2.40. The van der Waals surface area contributed by atoms with E-state index in [1.54, 1.807) is 0 Å². The molecule has 0 aliphatic rings. The van der Waals surface area contributed by atoms with Gasteiger partial charge in [-0.2, -0.15) is 4.21 Å². The molecule has 0 aromatic carbocycles. The Morgan fingerprint density at radius 3 is 1.15 bits per heavy atom. The van der Waals surface area contributed by atoms with Crippen LogP contribution >= 0.6 is 8.25 Å². The molecule has 0 aromatic heterocycles. The van der Waals surface area contributed by atoms with Gasteiger partial charge in [0.2, 0.25) is 0 Å². The Morgan fingerprint density at radius 2 is 1.00 bits per heavy atom. The molecule has 0 spiro atoms. The molecule has 0 aliphatic heterocycles. The minimum atomic E-state index is -2.47. The van der Waals surface area contributed by atoms with E-state index in [1.165, 1.54) is 0 Å². The van der Waals surface area contributed by atoms with E-state index in [1.807, 2.05) is 0 Å². The van der Waals surface area contributed by atoms with Gasteiger partial charge in [0.05, 0.1) is 0 Å². The van der Waals surface area contributed by atoms with E-state index in [0.29, 0.717) is 0 Å². The molecule has 0 radical (unpaired) electrons. The lowest BCUT2D eigenvalue weighted by molar-refractivity contribution is 0.406. The molecule has 8 heteroatoms. The second kappa shape index (κ2) is 6.98. The highest BCUT2D eigenvalue weighted by atomic mass is 31.1. The zero-order valence-electron chi connectivity index (χ0n) is 14.8. The maximum atomic E-state index is 11.5. The molecule has 0 heterocycles. The summed E-state index contributed by atoms with van der Waals surface area (Å²) in [6, 6.07) is 0. The molecule has 20 heavy (non-hydrogen) atoms. The van der Waals surface area contributed by atoms with Crippen LogP contribution in [0.5, 0.6) is 0 Å². The second-order valence-corrected chi connectivity index (χ2v) is 32.9. The van der Waals surface area contributed by atoms with Gasteiger partial charge in [0.15, 0.2) is 0 Å². The van der Waals surface area contributed by atoms with E-state index in [0.717, 1.165) is 17.0 Å². The van der Waals surface area contributed by atoms with Gasteiger partial charge >= 0.3 is 8.25 Å². The maximum absolute atomic E-state index is 11.5. The molecule has 1 atom stereocenters. The summed E-state index contributed by atoms with van der Waals surface area (Å²) in [6.07, 6.45) is 0. The zero-order valence-corrected chi connectivity index (χ0v) is 19.7. The molecule has 0 aromatic rings. The van der Waals surface area contributed by atoms with Crippen LogP contribution in [0.15, 0.2) is 0 Å². The van der Waals surface area contributed by atoms with Crippen molar-refractivity contribution in [2.24, 2.45) is 0 Å². The second-order valence-electron chi connectivity index (χ2n) is 9.72. The van der Waals surface area contributed by atoms with Crippen LogP contribution in [0.4, 0.5) is 0 Å². The lowest BCUT2D eigenvalue weighted by atomic mass is 11.7. The monoisotopic (exact) mass is 369 g/mol. The summed E-state index contributed by atoms with van der Waals surface area (Å²) in [7, 11) is -8.53. The van der Waals surface area contributed by atoms with Crippen molar-refractivity contribution in [3.05, 3.63) is 0 Å². The average molecular weight is 370 g/mol. The first-order chi connectivity index (χ1) is 8.54. The number of hydrogen-bond donors (Lipinski definition) is 1. The van der Waals surface area contributed by atoms with Crippen molar-refractivity contribution in [2.75, 3.05) is 0 Å². The molecule has 0 rings (SSSR count). The Balaban J connectivity index is 5.56. The minimum Gasteiger partial charge on any atom is -0.176 e. The highest BCUT2D eigenvalue weighted by Gasteiger charge is 2.51. The van der Waals surface area contributed by atoms with E-state index in [9.17, 15) is 9.46 Å². The summed E-state index contributed by atoms with van der Waals surface area (Å²) in [5.41, 5.74) is 3.36.